The molecule has 5 heteroatoms. The number of hydrogen-bond donors (Lipinski definition) is 0. The molecule has 5 aromatic rings. The van der Waals surface area contributed by atoms with Crippen molar-refractivity contribution in [2.45, 2.75) is 6.54 Å². The number of para-hydroxylation sites is 1. The molecule has 1 aliphatic rings. The van der Waals surface area contributed by atoms with Crippen molar-refractivity contribution >= 4 is 31.8 Å². The highest BCUT2D eigenvalue weighted by Crippen LogP contribution is 2.39. The van der Waals surface area contributed by atoms with Gasteiger partial charge in [-0.3, -0.25) is 9.97 Å². The number of aromatic nitrogens is 4. The largest absolute Gasteiger partial charge is 0.298 e. The highest BCUT2D eigenvalue weighted by molar-refractivity contribution is 7.25. The normalized spacial score (nSPS) is 12.6. The first kappa shape index (κ1) is 13.3. The van der Waals surface area contributed by atoms with Crippen LogP contribution in [0.4, 0.5) is 0 Å². The van der Waals surface area contributed by atoms with Gasteiger partial charge in [-0.2, -0.15) is 4.57 Å². The van der Waals surface area contributed by atoms with Crippen LogP contribution in [0.1, 0.15) is 5.69 Å². The number of fused-ring (bicyclic) bond motifs is 7. The molecule has 0 fully saturated rings. The van der Waals surface area contributed by atoms with E-state index in [2.05, 4.69) is 61.6 Å². The fourth-order valence-corrected chi connectivity index (χ4v) is 4.95. The minimum absolute atomic E-state index is 0.822. The van der Waals surface area contributed by atoms with E-state index in [9.17, 15) is 0 Å². The van der Waals surface area contributed by atoms with Crippen LogP contribution in [0.5, 0.6) is 0 Å². The molecule has 0 saturated heterocycles. The van der Waals surface area contributed by atoms with Crippen LogP contribution in [0, 0.1) is 0 Å². The minimum atomic E-state index is 0.822. The second kappa shape index (κ2) is 4.74. The highest BCUT2D eigenvalue weighted by Gasteiger charge is 2.37. The number of hydrogen-bond acceptors (Lipinski definition) is 3. The number of pyridine rings is 2. The van der Waals surface area contributed by atoms with Gasteiger partial charge in [0.25, 0.3) is 5.82 Å². The lowest BCUT2D eigenvalue weighted by atomic mass is 10.2. The second-order valence-electron chi connectivity index (χ2n) is 6.21. The summed E-state index contributed by atoms with van der Waals surface area (Å²) >= 11 is 1.83. The molecule has 1 aliphatic heterocycles. The predicted molar refractivity (Wildman–Crippen MR) is 99.0 cm³/mol. The third-order valence-corrected chi connectivity index (χ3v) is 6.02. The zero-order chi connectivity index (χ0) is 16.4. The van der Waals surface area contributed by atoms with Crippen LogP contribution >= 0.6 is 11.3 Å². The Morgan fingerprint density at radius 3 is 2.84 bits per heavy atom. The molecule has 0 aliphatic carbocycles. The van der Waals surface area contributed by atoms with E-state index in [0.717, 1.165) is 12.2 Å². The summed E-state index contributed by atoms with van der Waals surface area (Å²) in [5.41, 5.74) is 4.76. The van der Waals surface area contributed by atoms with Crippen LogP contribution in [0.2, 0.25) is 0 Å². The number of rotatable bonds is 1. The van der Waals surface area contributed by atoms with E-state index in [1.54, 1.807) is 0 Å². The van der Waals surface area contributed by atoms with Gasteiger partial charge in [-0.05, 0) is 30.3 Å². The van der Waals surface area contributed by atoms with Crippen molar-refractivity contribution in [3.63, 3.8) is 0 Å². The maximum Gasteiger partial charge on any atom is 0.298 e. The summed E-state index contributed by atoms with van der Waals surface area (Å²) in [4.78, 5) is 10.2. The molecule has 5 heterocycles. The summed E-state index contributed by atoms with van der Waals surface area (Å²) in [6.07, 6.45) is 5.73. The van der Waals surface area contributed by atoms with Crippen LogP contribution in [0.3, 0.4) is 0 Å². The van der Waals surface area contributed by atoms with Crippen LogP contribution in [0.25, 0.3) is 37.5 Å². The van der Waals surface area contributed by atoms with Crippen molar-refractivity contribution in [3.05, 3.63) is 72.8 Å². The molecule has 0 bridgehead atoms. The third kappa shape index (κ3) is 1.68. The first-order valence-corrected chi connectivity index (χ1v) is 9.04. The summed E-state index contributed by atoms with van der Waals surface area (Å²) < 4.78 is 6.03. The molecule has 0 spiro atoms. The zero-order valence-electron chi connectivity index (χ0n) is 13.3. The lowest BCUT2D eigenvalue weighted by molar-refractivity contribution is -0.644. The number of imidazole rings is 1. The molecule has 0 unspecified atom stereocenters. The summed E-state index contributed by atoms with van der Waals surface area (Å²) in [6.45, 7) is 0.822. The molecule has 118 valence electrons. The maximum atomic E-state index is 4.60. The molecule has 0 saturated carbocycles. The first-order chi connectivity index (χ1) is 12.4. The van der Waals surface area contributed by atoms with Gasteiger partial charge < -0.3 is 0 Å². The summed E-state index contributed by atoms with van der Waals surface area (Å²) in [6, 6.07) is 16.8. The van der Waals surface area contributed by atoms with E-state index < -0.39 is 0 Å². The van der Waals surface area contributed by atoms with E-state index in [1.165, 1.54) is 37.5 Å². The van der Waals surface area contributed by atoms with Gasteiger partial charge >= 0.3 is 0 Å². The standard InChI is InChI=1S/C20H13N4S/c1-2-5-13(6-3-1)24-18-15-11-21-10-8-17(15)25-20(18)23-12-16-14(19(23)24)7-4-9-22-16/h1-11H,12H2/q+1. The van der Waals surface area contributed by atoms with Gasteiger partial charge in [0.1, 0.15) is 12.2 Å². The Hall–Kier alpha value is -3.05. The van der Waals surface area contributed by atoms with Gasteiger partial charge in [0.2, 0.25) is 10.3 Å². The Kier molecular flexibility index (Phi) is 2.51. The molecular weight excluding hydrogens is 328 g/mol. The lowest BCUT2D eigenvalue weighted by Gasteiger charge is -2.01. The minimum Gasteiger partial charge on any atom is -0.264 e. The molecule has 0 atom stereocenters. The predicted octanol–water partition coefficient (Wildman–Crippen LogP) is 3.95. The smallest absolute Gasteiger partial charge is 0.264 e. The van der Waals surface area contributed by atoms with E-state index in [0.29, 0.717) is 0 Å². The molecule has 0 amide bonds. The number of thiophene rings is 1. The Balaban J connectivity index is 1.84. The van der Waals surface area contributed by atoms with Gasteiger partial charge in [0.15, 0.2) is 0 Å². The van der Waals surface area contributed by atoms with Crippen LogP contribution in [0.15, 0.2) is 67.1 Å². The average Bonchev–Trinajstić information content (AvgIpc) is 3.30. The zero-order valence-corrected chi connectivity index (χ0v) is 14.1. The quantitative estimate of drug-likeness (QED) is 0.424. The van der Waals surface area contributed by atoms with Gasteiger partial charge in [0.05, 0.1) is 16.6 Å². The van der Waals surface area contributed by atoms with Crippen molar-refractivity contribution in [1.82, 2.24) is 14.5 Å². The maximum absolute atomic E-state index is 4.60. The molecule has 4 aromatic heterocycles. The van der Waals surface area contributed by atoms with Gasteiger partial charge in [0, 0.05) is 23.3 Å². The fourth-order valence-electron chi connectivity index (χ4n) is 3.80. The summed E-state index contributed by atoms with van der Waals surface area (Å²) in [7, 11) is 0. The van der Waals surface area contributed by atoms with Crippen molar-refractivity contribution in [2.24, 2.45) is 0 Å². The van der Waals surface area contributed by atoms with Crippen molar-refractivity contribution in [3.8, 4) is 17.1 Å². The second-order valence-corrected chi connectivity index (χ2v) is 7.24. The molecular formula is C20H13N4S+. The molecule has 1 aromatic carbocycles. The van der Waals surface area contributed by atoms with Gasteiger partial charge in [-0.1, -0.05) is 29.5 Å². The summed E-state index contributed by atoms with van der Waals surface area (Å²) in [5.74, 6) is 1.21. The van der Waals surface area contributed by atoms with E-state index in [-0.39, 0.29) is 0 Å². The number of benzene rings is 1. The fraction of sp³-hybridized carbons (Fsp3) is 0.0500. The third-order valence-electron chi connectivity index (χ3n) is 4.84. The average molecular weight is 341 g/mol. The van der Waals surface area contributed by atoms with Crippen molar-refractivity contribution < 1.29 is 4.57 Å². The lowest BCUT2D eigenvalue weighted by Crippen LogP contribution is -2.30. The molecule has 0 radical (unpaired) electrons. The Morgan fingerprint density at radius 1 is 1.00 bits per heavy atom. The molecule has 6 rings (SSSR count). The Labute approximate surface area is 147 Å². The van der Waals surface area contributed by atoms with Gasteiger partial charge in [-0.15, -0.1) is 0 Å². The van der Waals surface area contributed by atoms with Crippen LogP contribution in [-0.4, -0.2) is 14.5 Å². The molecule has 25 heavy (non-hydrogen) atoms. The monoisotopic (exact) mass is 341 g/mol. The van der Waals surface area contributed by atoms with Gasteiger partial charge in [-0.25, -0.2) is 4.57 Å². The van der Waals surface area contributed by atoms with E-state index in [1.807, 2.05) is 36.0 Å². The topological polar surface area (TPSA) is 34.6 Å². The first-order valence-electron chi connectivity index (χ1n) is 8.22. The van der Waals surface area contributed by atoms with Crippen LogP contribution < -0.4 is 4.57 Å². The SMILES string of the molecule is c1ccc(-n2c3[n+](c4sc5ccncc5c42)Cc2ncccc2-3)cc1. The highest BCUT2D eigenvalue weighted by atomic mass is 32.1. The molecule has 0 N–H and O–H groups in total. The van der Waals surface area contributed by atoms with Crippen molar-refractivity contribution in [1.29, 1.82) is 0 Å². The number of nitrogens with zero attached hydrogens (tertiary/aromatic N) is 4. The Bertz CT molecular complexity index is 1270. The van der Waals surface area contributed by atoms with E-state index in [4.69, 9.17) is 0 Å². The van der Waals surface area contributed by atoms with Crippen LogP contribution in [-0.2, 0) is 6.54 Å². The van der Waals surface area contributed by atoms with Crippen molar-refractivity contribution in [2.75, 3.05) is 0 Å². The molecule has 4 nitrogen and oxygen atoms in total. The summed E-state index contributed by atoms with van der Waals surface area (Å²) in [5, 5.41) is 1.21. The Morgan fingerprint density at radius 2 is 1.92 bits per heavy atom. The van der Waals surface area contributed by atoms with E-state index >= 15 is 0 Å².